The SMILES string of the molecule is CCC(CC)CNc1ncc2c(-c3ccc(CN4CCN(CC5CC6(C5)CN(CCOCCCc5ccc(N(C)C7CCC(=O)NC7=O)c(N(C)C=O)c5)C6)CC4)cc3)c[nH]c2n1. The number of aryl methyl sites for hydroxylation is 1. The van der Waals surface area contributed by atoms with Gasteiger partial charge in [-0.15, -0.1) is 0 Å². The van der Waals surface area contributed by atoms with Gasteiger partial charge in [0.1, 0.15) is 11.7 Å². The third kappa shape index (κ3) is 10.7. The summed E-state index contributed by atoms with van der Waals surface area (Å²) < 4.78 is 6.06. The third-order valence-corrected chi connectivity index (χ3v) is 14.3. The smallest absolute Gasteiger partial charge is 0.249 e. The fourth-order valence-electron chi connectivity index (χ4n) is 10.5. The number of hydrogen-bond acceptors (Lipinski definition) is 11. The molecule has 4 aliphatic rings. The number of nitrogens with one attached hydrogen (secondary N) is 3. The molecule has 3 amide bonds. The molecule has 2 aromatic heterocycles. The molecular formula is C49H68N10O4. The van der Waals surface area contributed by atoms with Gasteiger partial charge in [-0.05, 0) is 78.2 Å². The largest absolute Gasteiger partial charge is 0.380 e. The number of imide groups is 1. The number of nitrogens with zero attached hydrogens (tertiary/aromatic N) is 7. The zero-order chi connectivity index (χ0) is 43.9. The number of likely N-dealkylation sites (N-methyl/N-ethyl adjacent to an activating group) is 1. The van der Waals surface area contributed by atoms with Crippen molar-refractivity contribution in [2.24, 2.45) is 17.3 Å². The lowest BCUT2D eigenvalue weighted by atomic mass is 9.57. The lowest BCUT2D eigenvalue weighted by molar-refractivity contribution is -0.134. The first-order chi connectivity index (χ1) is 30.6. The topological polar surface area (TPSA) is 142 Å². The predicted molar refractivity (Wildman–Crippen MR) is 250 cm³/mol. The van der Waals surface area contributed by atoms with Crippen molar-refractivity contribution in [3.05, 3.63) is 66.0 Å². The fourth-order valence-corrected chi connectivity index (χ4v) is 10.5. The Balaban J connectivity index is 0.685. The van der Waals surface area contributed by atoms with Crippen LogP contribution in [0.5, 0.6) is 0 Å². The maximum Gasteiger partial charge on any atom is 0.249 e. The molecule has 4 fully saturated rings. The number of piperidine rings is 1. The number of aromatic nitrogens is 3. The minimum absolute atomic E-state index is 0.241. The molecule has 14 heteroatoms. The molecule has 1 atom stereocenters. The molecule has 0 radical (unpaired) electrons. The summed E-state index contributed by atoms with van der Waals surface area (Å²) in [4.78, 5) is 59.9. The van der Waals surface area contributed by atoms with E-state index in [1.165, 1.54) is 48.5 Å². The molecule has 0 bridgehead atoms. The average molecular weight is 861 g/mol. The number of piperazine rings is 1. The van der Waals surface area contributed by atoms with Crippen LogP contribution in [-0.2, 0) is 32.1 Å². The Hall–Kier alpha value is -4.89. The van der Waals surface area contributed by atoms with E-state index in [2.05, 4.69) is 85.7 Å². The van der Waals surface area contributed by atoms with Crippen LogP contribution in [0.1, 0.15) is 69.9 Å². The van der Waals surface area contributed by atoms with Crippen LogP contribution in [0, 0.1) is 17.3 Å². The highest BCUT2D eigenvalue weighted by atomic mass is 16.5. The van der Waals surface area contributed by atoms with Gasteiger partial charge in [0.05, 0.1) is 18.0 Å². The summed E-state index contributed by atoms with van der Waals surface area (Å²) in [6.07, 6.45) is 12.3. The van der Waals surface area contributed by atoms with Crippen LogP contribution in [0.4, 0.5) is 17.3 Å². The first-order valence-corrected chi connectivity index (χ1v) is 23.4. The Morgan fingerprint density at radius 3 is 2.43 bits per heavy atom. The van der Waals surface area contributed by atoms with Crippen molar-refractivity contribution in [2.75, 3.05) is 101 Å². The minimum Gasteiger partial charge on any atom is -0.380 e. The number of aromatic amines is 1. The monoisotopic (exact) mass is 861 g/mol. The summed E-state index contributed by atoms with van der Waals surface area (Å²) in [5.74, 6) is 1.61. The summed E-state index contributed by atoms with van der Waals surface area (Å²) >= 11 is 0. The molecule has 2 aromatic carbocycles. The standard InChI is InChI=1S/C49H68N10O4/c1-5-35(6-2)27-51-48-52-29-41-40(28-50-46(41)54-48)39-12-9-37(10-13-39)30-57-17-19-58(20-18-57)31-38-25-49(26-38)32-59(33-49)21-23-63-22-7-8-36-11-14-42(44(24-36)55(3)34-60)56(4)43-15-16-45(61)53-47(43)62/h9-14,24,28-29,34-35,38,43H,5-8,15-23,25-27,30-33H2,1-4H3,(H,53,61,62)(H2,50,51,52,54). The maximum atomic E-state index is 12.5. The van der Waals surface area contributed by atoms with E-state index in [4.69, 9.17) is 9.72 Å². The van der Waals surface area contributed by atoms with Gasteiger partial charge < -0.3 is 29.7 Å². The number of benzene rings is 2. The highest BCUT2D eigenvalue weighted by Crippen LogP contribution is 2.52. The zero-order valence-electron chi connectivity index (χ0n) is 37.9. The Morgan fingerprint density at radius 2 is 1.70 bits per heavy atom. The average Bonchev–Trinajstić information content (AvgIpc) is 3.70. The van der Waals surface area contributed by atoms with Gasteiger partial charge >= 0.3 is 0 Å². The van der Waals surface area contributed by atoms with E-state index in [1.54, 1.807) is 7.05 Å². The van der Waals surface area contributed by atoms with Crippen LogP contribution in [0.25, 0.3) is 22.2 Å². The molecule has 1 aliphatic carbocycles. The Labute approximate surface area is 373 Å². The van der Waals surface area contributed by atoms with E-state index >= 15 is 0 Å². The summed E-state index contributed by atoms with van der Waals surface area (Å²) in [6, 6.07) is 14.6. The van der Waals surface area contributed by atoms with E-state index in [-0.39, 0.29) is 11.8 Å². The summed E-state index contributed by atoms with van der Waals surface area (Å²) in [7, 11) is 3.56. The van der Waals surface area contributed by atoms with E-state index < -0.39 is 6.04 Å². The van der Waals surface area contributed by atoms with Gasteiger partial charge in [0, 0.05) is 116 Å². The van der Waals surface area contributed by atoms with Crippen molar-refractivity contribution in [1.29, 1.82) is 0 Å². The number of fused-ring (bicyclic) bond motifs is 1. The van der Waals surface area contributed by atoms with E-state index in [9.17, 15) is 14.4 Å². The summed E-state index contributed by atoms with van der Waals surface area (Å²) in [5.41, 5.74) is 7.73. The molecule has 338 valence electrons. The first-order valence-electron chi connectivity index (χ1n) is 23.4. The highest BCUT2D eigenvalue weighted by molar-refractivity contribution is 6.02. The van der Waals surface area contributed by atoms with Crippen molar-refractivity contribution < 1.29 is 19.1 Å². The van der Waals surface area contributed by atoms with E-state index in [1.807, 2.05) is 30.3 Å². The van der Waals surface area contributed by atoms with Gasteiger partial charge in [0.2, 0.25) is 24.2 Å². The van der Waals surface area contributed by atoms with Gasteiger partial charge in [0.25, 0.3) is 0 Å². The number of anilines is 3. The van der Waals surface area contributed by atoms with E-state index in [0.29, 0.717) is 36.7 Å². The van der Waals surface area contributed by atoms with Crippen LogP contribution in [0.15, 0.2) is 54.9 Å². The minimum atomic E-state index is -0.459. The fraction of sp³-hybridized carbons (Fsp3) is 0.571. The number of carbonyl (C=O) groups is 3. The molecular weight excluding hydrogens is 793 g/mol. The van der Waals surface area contributed by atoms with Crippen molar-refractivity contribution in [3.63, 3.8) is 0 Å². The highest BCUT2D eigenvalue weighted by Gasteiger charge is 2.52. The molecule has 1 spiro atoms. The second-order valence-electron chi connectivity index (χ2n) is 18.8. The van der Waals surface area contributed by atoms with Gasteiger partial charge in [-0.2, -0.15) is 4.98 Å². The number of H-pyrrole nitrogens is 1. The predicted octanol–water partition coefficient (Wildman–Crippen LogP) is 5.79. The molecule has 3 saturated heterocycles. The molecule has 14 nitrogen and oxygen atoms in total. The van der Waals surface area contributed by atoms with Crippen LogP contribution >= 0.6 is 0 Å². The molecule has 1 unspecified atom stereocenters. The molecule has 4 aromatic rings. The van der Waals surface area contributed by atoms with E-state index in [0.717, 1.165) is 124 Å². The van der Waals surface area contributed by atoms with Crippen molar-refractivity contribution in [2.45, 2.75) is 77.8 Å². The van der Waals surface area contributed by atoms with Crippen molar-refractivity contribution in [1.82, 2.24) is 35.0 Å². The Bertz CT molecular complexity index is 2170. The quantitative estimate of drug-likeness (QED) is 0.0533. The lowest BCUT2D eigenvalue weighted by Crippen LogP contribution is -2.64. The number of rotatable bonds is 21. The van der Waals surface area contributed by atoms with Gasteiger partial charge in [0.15, 0.2) is 0 Å². The lowest BCUT2D eigenvalue weighted by Gasteiger charge is -2.60. The van der Waals surface area contributed by atoms with Crippen LogP contribution in [0.3, 0.4) is 0 Å². The second-order valence-corrected chi connectivity index (χ2v) is 18.8. The van der Waals surface area contributed by atoms with Gasteiger partial charge in [-0.25, -0.2) is 4.98 Å². The number of hydrogen-bond donors (Lipinski definition) is 3. The summed E-state index contributed by atoms with van der Waals surface area (Å²) in [6.45, 7) is 17.0. The van der Waals surface area contributed by atoms with Crippen molar-refractivity contribution in [3.8, 4) is 11.1 Å². The second kappa shape index (κ2) is 20.3. The Morgan fingerprint density at radius 1 is 0.952 bits per heavy atom. The van der Waals surface area contributed by atoms with Crippen LogP contribution in [0.2, 0.25) is 0 Å². The Kier molecular flexibility index (Phi) is 14.4. The number of amides is 3. The molecule has 3 aliphatic heterocycles. The summed E-state index contributed by atoms with van der Waals surface area (Å²) in [5, 5.41) is 6.90. The first kappa shape index (κ1) is 44.7. The molecule has 5 heterocycles. The maximum absolute atomic E-state index is 12.5. The molecule has 1 saturated carbocycles. The van der Waals surface area contributed by atoms with Crippen molar-refractivity contribution >= 4 is 46.6 Å². The number of likely N-dealkylation sites (tertiary alicyclic amines) is 1. The van der Waals surface area contributed by atoms with Gasteiger partial charge in [-0.3, -0.25) is 29.5 Å². The molecule has 63 heavy (non-hydrogen) atoms. The molecule has 3 N–H and O–H groups in total. The zero-order valence-corrected chi connectivity index (χ0v) is 37.9. The third-order valence-electron chi connectivity index (χ3n) is 14.3. The van der Waals surface area contributed by atoms with Gasteiger partial charge in [-0.1, -0.05) is 57.0 Å². The number of carbonyl (C=O) groups excluding carboxylic acids is 3. The molecule has 8 rings (SSSR count). The normalized spacial score (nSPS) is 19.6. The van der Waals surface area contributed by atoms with Crippen LogP contribution < -0.4 is 20.4 Å². The van der Waals surface area contributed by atoms with Crippen LogP contribution in [-0.4, -0.2) is 140 Å². The number of ether oxygens (including phenoxy) is 1.